The van der Waals surface area contributed by atoms with Crippen LogP contribution in [0.15, 0.2) is 24.3 Å². The summed E-state index contributed by atoms with van der Waals surface area (Å²) >= 11 is 0. The highest BCUT2D eigenvalue weighted by Gasteiger charge is 2.01. The van der Waals surface area contributed by atoms with Crippen molar-refractivity contribution in [3.8, 4) is 0 Å². The Balaban J connectivity index is 2.26. The summed E-state index contributed by atoms with van der Waals surface area (Å²) in [5.74, 6) is -0.527. The first-order valence-corrected chi connectivity index (χ1v) is 4.75. The maximum absolute atomic E-state index is 13.1. The van der Waals surface area contributed by atoms with Crippen molar-refractivity contribution in [3.05, 3.63) is 35.6 Å². The standard InChI is InChI=1S/C11H14FNO2/c1-15-11(14)8-13-7-6-9-4-2-3-5-10(9)12/h2-5,13H,6-8H2,1H3. The van der Waals surface area contributed by atoms with E-state index in [0.29, 0.717) is 18.5 Å². The van der Waals surface area contributed by atoms with Gasteiger partial charge in [-0.1, -0.05) is 18.2 Å². The maximum atomic E-state index is 13.1. The highest BCUT2D eigenvalue weighted by atomic mass is 19.1. The molecule has 1 rings (SSSR count). The fourth-order valence-electron chi connectivity index (χ4n) is 1.19. The van der Waals surface area contributed by atoms with Crippen LogP contribution in [0.2, 0.25) is 0 Å². The zero-order valence-corrected chi connectivity index (χ0v) is 8.63. The smallest absolute Gasteiger partial charge is 0.319 e. The minimum Gasteiger partial charge on any atom is -0.468 e. The Morgan fingerprint density at radius 1 is 1.47 bits per heavy atom. The predicted molar refractivity (Wildman–Crippen MR) is 55.0 cm³/mol. The molecule has 82 valence electrons. The average molecular weight is 211 g/mol. The van der Waals surface area contributed by atoms with E-state index in [1.807, 2.05) is 0 Å². The summed E-state index contributed by atoms with van der Waals surface area (Å²) in [6.45, 7) is 0.709. The van der Waals surface area contributed by atoms with E-state index in [9.17, 15) is 9.18 Å². The zero-order valence-electron chi connectivity index (χ0n) is 8.63. The second kappa shape index (κ2) is 6.14. The molecule has 0 heterocycles. The molecule has 0 aliphatic carbocycles. The first-order chi connectivity index (χ1) is 7.24. The van der Waals surface area contributed by atoms with Crippen molar-refractivity contribution in [2.24, 2.45) is 0 Å². The molecule has 0 aliphatic rings. The second-order valence-corrected chi connectivity index (χ2v) is 3.09. The van der Waals surface area contributed by atoms with Crippen molar-refractivity contribution in [1.82, 2.24) is 5.32 Å². The van der Waals surface area contributed by atoms with Crippen molar-refractivity contribution in [2.45, 2.75) is 6.42 Å². The van der Waals surface area contributed by atoms with Gasteiger partial charge >= 0.3 is 5.97 Å². The Morgan fingerprint density at radius 2 is 2.20 bits per heavy atom. The van der Waals surface area contributed by atoms with Crippen molar-refractivity contribution in [1.29, 1.82) is 0 Å². The quantitative estimate of drug-likeness (QED) is 0.586. The molecule has 0 aliphatic heterocycles. The monoisotopic (exact) mass is 211 g/mol. The molecular weight excluding hydrogens is 197 g/mol. The van der Waals surface area contributed by atoms with Gasteiger partial charge in [0.25, 0.3) is 0 Å². The summed E-state index contributed by atoms with van der Waals surface area (Å²) in [5.41, 5.74) is 0.648. The maximum Gasteiger partial charge on any atom is 0.319 e. The van der Waals surface area contributed by atoms with Gasteiger partial charge in [-0.3, -0.25) is 4.79 Å². The van der Waals surface area contributed by atoms with Crippen molar-refractivity contribution in [2.75, 3.05) is 20.2 Å². The Kier molecular flexibility index (Phi) is 4.77. The largest absolute Gasteiger partial charge is 0.468 e. The third-order valence-electron chi connectivity index (χ3n) is 2.03. The summed E-state index contributed by atoms with van der Waals surface area (Å²) in [4.78, 5) is 10.7. The van der Waals surface area contributed by atoms with Gasteiger partial charge in [-0.2, -0.15) is 0 Å². The van der Waals surface area contributed by atoms with Gasteiger partial charge in [0, 0.05) is 0 Å². The molecule has 0 unspecified atom stereocenters. The molecule has 0 aromatic heterocycles. The van der Waals surface area contributed by atoms with Crippen molar-refractivity contribution < 1.29 is 13.9 Å². The number of hydrogen-bond acceptors (Lipinski definition) is 3. The van der Waals surface area contributed by atoms with Gasteiger partial charge in [0.15, 0.2) is 0 Å². The Labute approximate surface area is 88.2 Å². The second-order valence-electron chi connectivity index (χ2n) is 3.09. The molecule has 0 amide bonds. The van der Waals surface area contributed by atoms with Crippen LogP contribution in [0.3, 0.4) is 0 Å². The average Bonchev–Trinajstić information content (AvgIpc) is 2.26. The summed E-state index contributed by atoms with van der Waals surface area (Å²) in [5, 5.41) is 2.87. The number of nitrogens with one attached hydrogen (secondary N) is 1. The van der Waals surface area contributed by atoms with Crippen LogP contribution in [0.1, 0.15) is 5.56 Å². The molecule has 15 heavy (non-hydrogen) atoms. The summed E-state index contributed by atoms with van der Waals surface area (Å²) in [6, 6.07) is 6.60. The number of benzene rings is 1. The Bertz CT molecular complexity index is 328. The van der Waals surface area contributed by atoms with E-state index in [-0.39, 0.29) is 18.3 Å². The number of carbonyl (C=O) groups excluding carboxylic acids is 1. The highest BCUT2D eigenvalue weighted by Crippen LogP contribution is 2.05. The van der Waals surface area contributed by atoms with Crippen LogP contribution in [-0.2, 0) is 16.0 Å². The highest BCUT2D eigenvalue weighted by molar-refractivity contribution is 5.71. The van der Waals surface area contributed by atoms with Gasteiger partial charge in [0.2, 0.25) is 0 Å². The first-order valence-electron chi connectivity index (χ1n) is 4.75. The minimum atomic E-state index is -0.316. The molecule has 1 N–H and O–H groups in total. The molecule has 0 fully saturated rings. The number of methoxy groups -OCH3 is 1. The molecule has 0 radical (unpaired) electrons. The normalized spacial score (nSPS) is 10.0. The van der Waals surface area contributed by atoms with Crippen molar-refractivity contribution >= 4 is 5.97 Å². The molecule has 0 bridgehead atoms. The molecular formula is C11H14FNO2. The van der Waals surface area contributed by atoms with Crippen LogP contribution >= 0.6 is 0 Å². The van der Waals surface area contributed by atoms with Gasteiger partial charge in [0.05, 0.1) is 13.7 Å². The molecule has 0 saturated carbocycles. The predicted octanol–water partition coefficient (Wildman–Crippen LogP) is 1.13. The van der Waals surface area contributed by atoms with Crippen molar-refractivity contribution in [3.63, 3.8) is 0 Å². The molecule has 3 nitrogen and oxygen atoms in total. The van der Waals surface area contributed by atoms with E-state index in [1.54, 1.807) is 18.2 Å². The van der Waals surface area contributed by atoms with Crippen LogP contribution in [0, 0.1) is 5.82 Å². The Morgan fingerprint density at radius 3 is 2.87 bits per heavy atom. The lowest BCUT2D eigenvalue weighted by Crippen LogP contribution is -2.26. The van der Waals surface area contributed by atoms with Gasteiger partial charge in [-0.05, 0) is 24.6 Å². The summed E-state index contributed by atoms with van der Waals surface area (Å²) < 4.78 is 17.6. The van der Waals surface area contributed by atoms with E-state index >= 15 is 0 Å². The van der Waals surface area contributed by atoms with Crippen LogP contribution in [-0.4, -0.2) is 26.2 Å². The third-order valence-corrected chi connectivity index (χ3v) is 2.03. The molecule has 4 heteroatoms. The van der Waals surface area contributed by atoms with E-state index in [0.717, 1.165) is 0 Å². The lowest BCUT2D eigenvalue weighted by atomic mass is 10.1. The molecule has 0 saturated heterocycles. The van der Waals surface area contributed by atoms with E-state index in [2.05, 4.69) is 10.1 Å². The third kappa shape index (κ3) is 4.08. The topological polar surface area (TPSA) is 38.3 Å². The van der Waals surface area contributed by atoms with E-state index in [1.165, 1.54) is 13.2 Å². The fraction of sp³-hybridized carbons (Fsp3) is 0.364. The number of halogens is 1. The van der Waals surface area contributed by atoms with E-state index < -0.39 is 0 Å². The molecule has 1 aromatic carbocycles. The van der Waals surface area contributed by atoms with Gasteiger partial charge in [0.1, 0.15) is 5.82 Å². The molecule has 0 spiro atoms. The van der Waals surface area contributed by atoms with Crippen LogP contribution < -0.4 is 5.32 Å². The van der Waals surface area contributed by atoms with Crippen LogP contribution in [0.4, 0.5) is 4.39 Å². The molecule has 0 atom stereocenters. The lowest BCUT2D eigenvalue weighted by molar-refractivity contribution is -0.139. The SMILES string of the molecule is COC(=O)CNCCc1ccccc1F. The van der Waals surface area contributed by atoms with Gasteiger partial charge in [-0.15, -0.1) is 0 Å². The van der Waals surface area contributed by atoms with E-state index in [4.69, 9.17) is 0 Å². The first kappa shape index (κ1) is 11.7. The number of rotatable bonds is 5. The van der Waals surface area contributed by atoms with Crippen LogP contribution in [0.25, 0.3) is 0 Å². The lowest BCUT2D eigenvalue weighted by Gasteiger charge is -2.04. The zero-order chi connectivity index (χ0) is 11.1. The molecule has 1 aromatic rings. The van der Waals surface area contributed by atoms with Crippen LogP contribution in [0.5, 0.6) is 0 Å². The summed E-state index contributed by atoms with van der Waals surface area (Å²) in [6.07, 6.45) is 0.559. The summed E-state index contributed by atoms with van der Waals surface area (Å²) in [7, 11) is 1.33. The number of esters is 1. The number of carbonyl (C=O) groups is 1. The number of hydrogen-bond donors (Lipinski definition) is 1. The fourth-order valence-corrected chi connectivity index (χ4v) is 1.19. The minimum absolute atomic E-state index is 0.158. The Hall–Kier alpha value is -1.42. The van der Waals surface area contributed by atoms with Gasteiger partial charge in [-0.25, -0.2) is 4.39 Å². The number of ether oxygens (including phenoxy) is 1. The van der Waals surface area contributed by atoms with Gasteiger partial charge < -0.3 is 10.1 Å².